The predicted molar refractivity (Wildman–Crippen MR) is 77.2 cm³/mol. The van der Waals surface area contributed by atoms with Crippen molar-refractivity contribution in [2.24, 2.45) is 0 Å². The predicted octanol–water partition coefficient (Wildman–Crippen LogP) is 3.71. The second kappa shape index (κ2) is 6.16. The molecule has 3 nitrogen and oxygen atoms in total. The summed E-state index contributed by atoms with van der Waals surface area (Å²) < 4.78 is 13.9. The number of anilines is 1. The Bertz CT molecular complexity index is 586. The highest BCUT2D eigenvalue weighted by atomic mass is 32.2. The molecule has 1 amide bonds. The van der Waals surface area contributed by atoms with Crippen molar-refractivity contribution in [3.8, 4) is 0 Å². The number of nitrogens with zero attached hydrogens (tertiary/aromatic N) is 1. The highest BCUT2D eigenvalue weighted by Gasteiger charge is 2.16. The van der Waals surface area contributed by atoms with Crippen molar-refractivity contribution in [1.82, 2.24) is 4.98 Å². The molecule has 0 saturated carbocycles. The van der Waals surface area contributed by atoms with Crippen LogP contribution in [0.15, 0.2) is 34.0 Å². The Morgan fingerprint density at radius 1 is 1.53 bits per heavy atom. The molecule has 1 N–H and O–H groups in total. The Morgan fingerprint density at radius 2 is 2.32 bits per heavy atom. The number of thiazole rings is 1. The van der Waals surface area contributed by atoms with E-state index in [9.17, 15) is 9.18 Å². The van der Waals surface area contributed by atoms with Gasteiger partial charge in [0.15, 0.2) is 4.34 Å². The fraction of sp³-hybridized carbons (Fsp3) is 0.231. The van der Waals surface area contributed by atoms with Crippen molar-refractivity contribution in [2.45, 2.75) is 23.4 Å². The van der Waals surface area contributed by atoms with Crippen LogP contribution >= 0.6 is 23.1 Å². The molecule has 0 saturated heterocycles. The minimum absolute atomic E-state index is 0.163. The number of benzene rings is 1. The molecule has 6 heteroatoms. The minimum Gasteiger partial charge on any atom is -0.325 e. The summed E-state index contributed by atoms with van der Waals surface area (Å²) in [4.78, 5) is 16.3. The van der Waals surface area contributed by atoms with Gasteiger partial charge in [-0.2, -0.15) is 0 Å². The normalized spacial score (nSPS) is 12.2. The second-order valence-corrected chi connectivity index (χ2v) is 6.46. The first-order valence-corrected chi connectivity index (χ1v) is 7.46. The number of nitrogens with one attached hydrogen (secondary N) is 1. The third-order valence-corrected chi connectivity index (χ3v) is 4.53. The number of aromatic nitrogens is 1. The molecule has 0 bridgehead atoms. The fourth-order valence-corrected chi connectivity index (χ4v) is 3.39. The van der Waals surface area contributed by atoms with Gasteiger partial charge in [0.25, 0.3) is 0 Å². The minimum atomic E-state index is -0.367. The lowest BCUT2D eigenvalue weighted by Gasteiger charge is -2.10. The van der Waals surface area contributed by atoms with E-state index in [2.05, 4.69) is 10.3 Å². The number of thioether (sulfide) groups is 1. The molecule has 1 atom stereocenters. The van der Waals surface area contributed by atoms with Crippen molar-refractivity contribution in [2.75, 3.05) is 5.32 Å². The molecule has 0 fully saturated rings. The topological polar surface area (TPSA) is 42.0 Å². The SMILES string of the molecule is Cc1csc(S[C@@H](C)C(=O)Nc2cccc(F)c2)n1. The highest BCUT2D eigenvalue weighted by Crippen LogP contribution is 2.27. The number of aryl methyl sites for hydroxylation is 1. The van der Waals surface area contributed by atoms with Crippen LogP contribution in [0.25, 0.3) is 0 Å². The lowest BCUT2D eigenvalue weighted by Crippen LogP contribution is -2.22. The van der Waals surface area contributed by atoms with Crippen molar-refractivity contribution < 1.29 is 9.18 Å². The van der Waals surface area contributed by atoms with E-state index in [0.717, 1.165) is 10.0 Å². The monoisotopic (exact) mass is 296 g/mol. The maximum Gasteiger partial charge on any atom is 0.237 e. The molecule has 0 spiro atoms. The first kappa shape index (κ1) is 14.0. The van der Waals surface area contributed by atoms with Gasteiger partial charge in [-0.05, 0) is 32.0 Å². The summed E-state index contributed by atoms with van der Waals surface area (Å²) in [5, 5.41) is 4.35. The van der Waals surface area contributed by atoms with E-state index in [1.54, 1.807) is 19.1 Å². The van der Waals surface area contributed by atoms with Crippen LogP contribution in [-0.4, -0.2) is 16.1 Å². The molecule has 1 aromatic heterocycles. The average Bonchev–Trinajstić information content (AvgIpc) is 2.74. The summed E-state index contributed by atoms with van der Waals surface area (Å²) in [5.74, 6) is -0.530. The summed E-state index contributed by atoms with van der Waals surface area (Å²) in [6.45, 7) is 3.72. The van der Waals surface area contributed by atoms with Crippen LogP contribution in [0.3, 0.4) is 0 Å². The number of hydrogen-bond donors (Lipinski definition) is 1. The van der Waals surface area contributed by atoms with Crippen molar-refractivity contribution in [3.05, 3.63) is 41.2 Å². The quantitative estimate of drug-likeness (QED) is 0.875. The zero-order valence-corrected chi connectivity index (χ0v) is 12.1. The summed E-state index contributed by atoms with van der Waals surface area (Å²) in [6.07, 6.45) is 0. The van der Waals surface area contributed by atoms with E-state index >= 15 is 0 Å². The molecule has 19 heavy (non-hydrogen) atoms. The number of carbonyl (C=O) groups excluding carboxylic acids is 1. The Hall–Kier alpha value is -1.40. The molecule has 100 valence electrons. The first-order chi connectivity index (χ1) is 9.04. The van der Waals surface area contributed by atoms with Gasteiger partial charge in [0.05, 0.1) is 5.25 Å². The Kier molecular flexibility index (Phi) is 4.55. The van der Waals surface area contributed by atoms with Crippen LogP contribution in [0.5, 0.6) is 0 Å². The summed E-state index contributed by atoms with van der Waals surface area (Å²) in [7, 11) is 0. The van der Waals surface area contributed by atoms with Crippen LogP contribution in [0.4, 0.5) is 10.1 Å². The largest absolute Gasteiger partial charge is 0.325 e. The van der Waals surface area contributed by atoms with E-state index in [1.807, 2.05) is 12.3 Å². The van der Waals surface area contributed by atoms with Gasteiger partial charge in [-0.15, -0.1) is 11.3 Å². The van der Waals surface area contributed by atoms with Gasteiger partial charge in [0.1, 0.15) is 5.82 Å². The number of hydrogen-bond acceptors (Lipinski definition) is 4. The molecule has 0 radical (unpaired) electrons. The van der Waals surface area contributed by atoms with Crippen LogP contribution in [0.2, 0.25) is 0 Å². The number of amides is 1. The summed E-state index contributed by atoms with van der Waals surface area (Å²) in [6, 6.07) is 5.86. The number of rotatable bonds is 4. The zero-order chi connectivity index (χ0) is 13.8. The molecule has 1 heterocycles. The van der Waals surface area contributed by atoms with Gasteiger partial charge >= 0.3 is 0 Å². The van der Waals surface area contributed by atoms with Crippen LogP contribution in [-0.2, 0) is 4.79 Å². The smallest absolute Gasteiger partial charge is 0.237 e. The molecule has 1 aromatic carbocycles. The number of halogens is 1. The molecule has 0 aliphatic carbocycles. The van der Waals surface area contributed by atoms with Gasteiger partial charge in [-0.1, -0.05) is 17.8 Å². The first-order valence-electron chi connectivity index (χ1n) is 5.70. The Morgan fingerprint density at radius 3 is 2.95 bits per heavy atom. The second-order valence-electron chi connectivity index (χ2n) is 4.01. The van der Waals surface area contributed by atoms with Crippen LogP contribution < -0.4 is 5.32 Å². The maximum absolute atomic E-state index is 13.0. The third kappa shape index (κ3) is 4.04. The lowest BCUT2D eigenvalue weighted by molar-refractivity contribution is -0.115. The fourth-order valence-electron chi connectivity index (χ4n) is 1.40. The van der Waals surface area contributed by atoms with Crippen molar-refractivity contribution >= 4 is 34.7 Å². The van der Waals surface area contributed by atoms with E-state index < -0.39 is 0 Å². The lowest BCUT2D eigenvalue weighted by atomic mass is 10.3. The summed E-state index contributed by atoms with van der Waals surface area (Å²) >= 11 is 2.91. The molecule has 2 rings (SSSR count). The molecular formula is C13H13FN2OS2. The van der Waals surface area contributed by atoms with Crippen molar-refractivity contribution in [3.63, 3.8) is 0 Å². The van der Waals surface area contributed by atoms with E-state index in [4.69, 9.17) is 0 Å². The van der Waals surface area contributed by atoms with E-state index in [-0.39, 0.29) is 17.0 Å². The van der Waals surface area contributed by atoms with Gasteiger partial charge in [-0.3, -0.25) is 4.79 Å². The van der Waals surface area contributed by atoms with Gasteiger partial charge in [0.2, 0.25) is 5.91 Å². The van der Waals surface area contributed by atoms with Crippen LogP contribution in [0.1, 0.15) is 12.6 Å². The Balaban J connectivity index is 1.96. The zero-order valence-electron chi connectivity index (χ0n) is 10.5. The van der Waals surface area contributed by atoms with Crippen molar-refractivity contribution in [1.29, 1.82) is 0 Å². The highest BCUT2D eigenvalue weighted by molar-refractivity contribution is 8.02. The Labute approximate surface area is 119 Å². The van der Waals surface area contributed by atoms with Gasteiger partial charge in [-0.25, -0.2) is 9.37 Å². The molecule has 0 aliphatic heterocycles. The maximum atomic E-state index is 13.0. The molecule has 2 aromatic rings. The average molecular weight is 296 g/mol. The van der Waals surface area contributed by atoms with Gasteiger partial charge < -0.3 is 5.32 Å². The molecular weight excluding hydrogens is 283 g/mol. The molecule has 0 unspecified atom stereocenters. The van der Waals surface area contributed by atoms with Crippen LogP contribution in [0, 0.1) is 12.7 Å². The van der Waals surface area contributed by atoms with E-state index in [0.29, 0.717) is 5.69 Å². The summed E-state index contributed by atoms with van der Waals surface area (Å²) in [5.41, 5.74) is 1.41. The number of carbonyl (C=O) groups is 1. The van der Waals surface area contributed by atoms with Gasteiger partial charge in [0, 0.05) is 16.8 Å². The third-order valence-electron chi connectivity index (χ3n) is 2.34. The molecule has 0 aliphatic rings. The standard InChI is InChI=1S/C13H13FN2OS2/c1-8-7-18-13(15-8)19-9(2)12(17)16-11-5-3-4-10(14)6-11/h3-7,9H,1-2H3,(H,16,17)/t9-/m0/s1. The van der Waals surface area contributed by atoms with E-state index in [1.165, 1.54) is 35.2 Å².